The Hall–Kier alpha value is -3.96. The van der Waals surface area contributed by atoms with Gasteiger partial charge in [-0.15, -0.1) is 0 Å². The fourth-order valence-corrected chi connectivity index (χ4v) is 5.23. The van der Waals surface area contributed by atoms with Gasteiger partial charge in [0.2, 0.25) is 6.29 Å². The van der Waals surface area contributed by atoms with Crippen LogP contribution in [0.3, 0.4) is 0 Å². The van der Waals surface area contributed by atoms with Gasteiger partial charge in [-0.3, -0.25) is 4.57 Å². The van der Waals surface area contributed by atoms with Crippen LogP contribution in [0.2, 0.25) is 5.02 Å². The summed E-state index contributed by atoms with van der Waals surface area (Å²) in [6.07, 6.45) is 2.04. The molecule has 4 atom stereocenters. The number of aromatic nitrogens is 5. The molecule has 11 heteroatoms. The summed E-state index contributed by atoms with van der Waals surface area (Å²) in [6.45, 7) is 0.280. The number of pyridine rings is 1. The van der Waals surface area contributed by atoms with E-state index in [4.69, 9.17) is 25.8 Å². The molecule has 2 saturated heterocycles. The number of aliphatic hydroxyl groups is 1. The van der Waals surface area contributed by atoms with Crippen molar-refractivity contribution >= 4 is 22.8 Å². The van der Waals surface area contributed by atoms with Crippen molar-refractivity contribution in [2.45, 2.75) is 31.0 Å². The van der Waals surface area contributed by atoms with Crippen LogP contribution in [-0.2, 0) is 9.47 Å². The highest BCUT2D eigenvalue weighted by Crippen LogP contribution is 2.34. The van der Waals surface area contributed by atoms with Gasteiger partial charge in [-0.2, -0.15) is 4.98 Å². The number of ether oxygens (including phenoxy) is 3. The third-order valence-electron chi connectivity index (χ3n) is 6.89. The van der Waals surface area contributed by atoms with Gasteiger partial charge in [0.25, 0.3) is 6.01 Å². The van der Waals surface area contributed by atoms with Crippen LogP contribution in [0.5, 0.6) is 6.01 Å². The van der Waals surface area contributed by atoms with Gasteiger partial charge in [-0.05, 0) is 29.3 Å². The molecule has 0 aliphatic carbocycles. The second-order valence-electron chi connectivity index (χ2n) is 9.31. The number of aromatic amines is 2. The summed E-state index contributed by atoms with van der Waals surface area (Å²) < 4.78 is 18.7. The molecular formula is C27H22ClN5O5. The van der Waals surface area contributed by atoms with Crippen LogP contribution in [0, 0.1) is 0 Å². The molecule has 0 bridgehead atoms. The van der Waals surface area contributed by atoms with E-state index in [-0.39, 0.29) is 30.5 Å². The standard InChI is InChI=1S/C27H22ClN5O5/c28-18-11-19-25(32-26(30-19)38-22-12-21-24(37-22)20(34)13-36-21)31-23(18)16-3-1-14(2-4-16)15-5-7-17(8-6-15)33-10-9-29-27(33)35/h1-11,20-22,24,34H,12-13H2,(H,29,35)(H,30,31,32)/t20-,21-,22?,24-/m1/s1. The fraction of sp³-hybridized carbons (Fsp3) is 0.222. The number of halogens is 1. The van der Waals surface area contributed by atoms with Crippen molar-refractivity contribution in [3.05, 3.63) is 82.5 Å². The van der Waals surface area contributed by atoms with Gasteiger partial charge in [0, 0.05) is 24.4 Å². The minimum atomic E-state index is -0.645. The molecule has 2 aliphatic heterocycles. The van der Waals surface area contributed by atoms with Gasteiger partial charge < -0.3 is 29.3 Å². The third kappa shape index (κ3) is 4.07. The second kappa shape index (κ2) is 9.10. The van der Waals surface area contributed by atoms with Crippen LogP contribution in [0.4, 0.5) is 0 Å². The summed E-state index contributed by atoms with van der Waals surface area (Å²) >= 11 is 6.58. The molecule has 192 valence electrons. The molecule has 0 radical (unpaired) electrons. The number of rotatable bonds is 5. The van der Waals surface area contributed by atoms with Crippen molar-refractivity contribution in [3.63, 3.8) is 0 Å². The van der Waals surface area contributed by atoms with Gasteiger partial charge in [0.15, 0.2) is 5.65 Å². The normalized spacial score (nSPS) is 22.7. The zero-order chi connectivity index (χ0) is 25.8. The first-order chi connectivity index (χ1) is 18.5. The smallest absolute Gasteiger partial charge is 0.330 e. The average Bonchev–Trinajstić information content (AvgIpc) is 3.70. The van der Waals surface area contributed by atoms with Crippen molar-refractivity contribution in [2.24, 2.45) is 0 Å². The lowest BCUT2D eigenvalue weighted by Crippen LogP contribution is -2.28. The van der Waals surface area contributed by atoms with E-state index >= 15 is 0 Å². The van der Waals surface area contributed by atoms with Crippen LogP contribution in [0.25, 0.3) is 39.2 Å². The van der Waals surface area contributed by atoms with Gasteiger partial charge in [0.1, 0.15) is 12.2 Å². The van der Waals surface area contributed by atoms with Gasteiger partial charge in [-0.25, -0.2) is 9.78 Å². The van der Waals surface area contributed by atoms with E-state index < -0.39 is 12.4 Å². The first kappa shape index (κ1) is 23.2. The van der Waals surface area contributed by atoms with Crippen molar-refractivity contribution in [2.75, 3.05) is 6.61 Å². The van der Waals surface area contributed by atoms with E-state index in [9.17, 15) is 9.90 Å². The van der Waals surface area contributed by atoms with Crippen molar-refractivity contribution in [1.29, 1.82) is 0 Å². The molecule has 0 saturated carbocycles. The lowest BCUT2D eigenvalue weighted by molar-refractivity contribution is -0.103. The molecule has 7 rings (SSSR count). The SMILES string of the molecule is O=c1[nH]ccn1-c1ccc(-c2ccc(-c3nc4nc(OC5C[C@H]6OC[C@@H](O)[C@H]6O5)[nH]c4cc3Cl)cc2)cc1. The Balaban J connectivity index is 1.10. The van der Waals surface area contributed by atoms with Crippen LogP contribution in [-0.4, -0.2) is 60.8 Å². The van der Waals surface area contributed by atoms with Crippen LogP contribution < -0.4 is 10.4 Å². The Kier molecular flexibility index (Phi) is 5.55. The summed E-state index contributed by atoms with van der Waals surface area (Å²) in [6, 6.07) is 17.7. The molecule has 3 N–H and O–H groups in total. The number of nitrogens with one attached hydrogen (secondary N) is 2. The van der Waals surface area contributed by atoms with Crippen molar-refractivity contribution in [1.82, 2.24) is 24.5 Å². The predicted octanol–water partition coefficient (Wildman–Crippen LogP) is 3.68. The first-order valence-electron chi connectivity index (χ1n) is 12.2. The number of fused-ring (bicyclic) bond motifs is 2. The minimum Gasteiger partial charge on any atom is -0.435 e. The Morgan fingerprint density at radius 1 is 1.05 bits per heavy atom. The molecule has 5 heterocycles. The summed E-state index contributed by atoms with van der Waals surface area (Å²) in [5.74, 6) is 0. The maximum Gasteiger partial charge on any atom is 0.330 e. The van der Waals surface area contributed by atoms with Gasteiger partial charge >= 0.3 is 5.69 Å². The number of aliphatic hydroxyl groups excluding tert-OH is 1. The topological polar surface area (TPSA) is 127 Å². The number of hydrogen-bond donors (Lipinski definition) is 3. The summed E-state index contributed by atoms with van der Waals surface area (Å²) in [4.78, 5) is 26.7. The molecule has 0 amide bonds. The minimum absolute atomic E-state index is 0.178. The quantitative estimate of drug-likeness (QED) is 0.316. The molecule has 38 heavy (non-hydrogen) atoms. The summed E-state index contributed by atoms with van der Waals surface area (Å²) in [7, 11) is 0. The summed E-state index contributed by atoms with van der Waals surface area (Å²) in [5.41, 5.74) is 5.21. The van der Waals surface area contributed by atoms with E-state index in [1.165, 1.54) is 0 Å². The molecule has 3 aromatic heterocycles. The Bertz CT molecular complexity index is 1680. The first-order valence-corrected chi connectivity index (χ1v) is 12.5. The zero-order valence-corrected chi connectivity index (χ0v) is 20.6. The van der Waals surface area contributed by atoms with Crippen molar-refractivity contribution in [3.8, 4) is 34.1 Å². The van der Waals surface area contributed by atoms with E-state index in [0.717, 1.165) is 22.4 Å². The number of H-pyrrole nitrogens is 2. The van der Waals surface area contributed by atoms with Gasteiger partial charge in [-0.1, -0.05) is 48.0 Å². The monoisotopic (exact) mass is 531 g/mol. The number of benzene rings is 2. The molecule has 2 aromatic carbocycles. The third-order valence-corrected chi connectivity index (χ3v) is 7.18. The lowest BCUT2D eigenvalue weighted by atomic mass is 10.0. The maximum absolute atomic E-state index is 11.8. The van der Waals surface area contributed by atoms with E-state index in [0.29, 0.717) is 28.3 Å². The Labute approximate surface area is 220 Å². The van der Waals surface area contributed by atoms with Crippen LogP contribution in [0.15, 0.2) is 71.8 Å². The highest BCUT2D eigenvalue weighted by Gasteiger charge is 2.46. The van der Waals surface area contributed by atoms with E-state index in [1.54, 1.807) is 23.0 Å². The summed E-state index contributed by atoms with van der Waals surface area (Å²) in [5, 5.41) is 10.4. The highest BCUT2D eigenvalue weighted by molar-refractivity contribution is 6.33. The number of nitrogens with zero attached hydrogens (tertiary/aromatic N) is 3. The van der Waals surface area contributed by atoms with E-state index in [1.807, 2.05) is 48.5 Å². The fourth-order valence-electron chi connectivity index (χ4n) is 4.97. The highest BCUT2D eigenvalue weighted by atomic mass is 35.5. The lowest BCUT2D eigenvalue weighted by Gasteiger charge is -2.14. The van der Waals surface area contributed by atoms with Crippen molar-refractivity contribution < 1.29 is 19.3 Å². The molecule has 10 nitrogen and oxygen atoms in total. The van der Waals surface area contributed by atoms with E-state index in [2.05, 4.69) is 19.9 Å². The zero-order valence-electron chi connectivity index (χ0n) is 19.9. The van der Waals surface area contributed by atoms with Gasteiger partial charge in [0.05, 0.1) is 34.6 Å². The molecule has 1 unspecified atom stereocenters. The Morgan fingerprint density at radius 2 is 1.79 bits per heavy atom. The second-order valence-corrected chi connectivity index (χ2v) is 9.72. The predicted molar refractivity (Wildman–Crippen MR) is 139 cm³/mol. The molecular weight excluding hydrogens is 510 g/mol. The molecule has 2 fully saturated rings. The number of imidazole rings is 2. The molecule has 0 spiro atoms. The van der Waals surface area contributed by atoms with Crippen LogP contribution >= 0.6 is 11.6 Å². The largest absolute Gasteiger partial charge is 0.435 e. The number of hydrogen-bond acceptors (Lipinski definition) is 7. The van der Waals surface area contributed by atoms with Crippen LogP contribution in [0.1, 0.15) is 6.42 Å². The maximum atomic E-state index is 11.8. The molecule has 5 aromatic rings. The molecule has 2 aliphatic rings. The average molecular weight is 532 g/mol. The Morgan fingerprint density at radius 3 is 2.50 bits per heavy atom.